The zero-order valence-corrected chi connectivity index (χ0v) is 9.79. The number of imidazole rings is 1. The van der Waals surface area contributed by atoms with Crippen LogP contribution in [0.5, 0.6) is 0 Å². The second-order valence-electron chi connectivity index (χ2n) is 3.37. The van der Waals surface area contributed by atoms with E-state index < -0.39 is 0 Å². The lowest BCUT2D eigenvalue weighted by atomic mass is 10.4. The van der Waals surface area contributed by atoms with Gasteiger partial charge in [0.05, 0.1) is 10.4 Å². The summed E-state index contributed by atoms with van der Waals surface area (Å²) in [5.41, 5.74) is 6.78. The van der Waals surface area contributed by atoms with Crippen molar-refractivity contribution in [1.82, 2.24) is 9.38 Å². The van der Waals surface area contributed by atoms with Gasteiger partial charge in [0.15, 0.2) is 11.0 Å². The molecule has 0 amide bonds. The molecular formula is C11H8ClN3S. The molecule has 0 saturated heterocycles. The van der Waals surface area contributed by atoms with Crippen molar-refractivity contribution in [2.45, 2.75) is 0 Å². The maximum atomic E-state index is 6.08. The van der Waals surface area contributed by atoms with E-state index in [9.17, 15) is 0 Å². The number of nitrogen functional groups attached to an aromatic ring is 1. The van der Waals surface area contributed by atoms with Crippen molar-refractivity contribution < 1.29 is 0 Å². The molecule has 0 aliphatic heterocycles. The number of hydrogen-bond donors (Lipinski definition) is 1. The first kappa shape index (κ1) is 9.69. The maximum Gasteiger partial charge on any atom is 0.158 e. The molecule has 0 aliphatic carbocycles. The number of hydrogen-bond acceptors (Lipinski definition) is 3. The molecule has 0 aliphatic rings. The van der Waals surface area contributed by atoms with Crippen molar-refractivity contribution >= 4 is 34.3 Å². The van der Waals surface area contributed by atoms with Gasteiger partial charge in [-0.2, -0.15) is 0 Å². The average molecular weight is 250 g/mol. The molecular weight excluding hydrogens is 242 g/mol. The summed E-state index contributed by atoms with van der Waals surface area (Å²) in [7, 11) is 0. The van der Waals surface area contributed by atoms with Gasteiger partial charge >= 0.3 is 0 Å². The van der Waals surface area contributed by atoms with Crippen molar-refractivity contribution in [3.05, 3.63) is 40.9 Å². The Morgan fingerprint density at radius 1 is 1.25 bits per heavy atom. The van der Waals surface area contributed by atoms with Crippen LogP contribution in [0, 0.1) is 0 Å². The molecule has 16 heavy (non-hydrogen) atoms. The zero-order valence-electron chi connectivity index (χ0n) is 8.22. The third-order valence-electron chi connectivity index (χ3n) is 2.39. The molecule has 0 aromatic carbocycles. The van der Waals surface area contributed by atoms with Crippen LogP contribution in [-0.2, 0) is 0 Å². The van der Waals surface area contributed by atoms with Crippen LogP contribution in [0.3, 0.4) is 0 Å². The van der Waals surface area contributed by atoms with E-state index in [1.165, 1.54) is 0 Å². The molecule has 0 radical (unpaired) electrons. The number of rotatable bonds is 1. The highest BCUT2D eigenvalue weighted by Gasteiger charge is 2.13. The third-order valence-corrected chi connectivity index (χ3v) is 3.53. The van der Waals surface area contributed by atoms with Gasteiger partial charge in [0.2, 0.25) is 0 Å². The fourth-order valence-corrected chi connectivity index (χ4v) is 2.63. The summed E-state index contributed by atoms with van der Waals surface area (Å²) in [6.07, 6.45) is 0. The average Bonchev–Trinajstić information content (AvgIpc) is 2.87. The summed E-state index contributed by atoms with van der Waals surface area (Å²) in [6, 6.07) is 9.59. The molecule has 80 valence electrons. The Bertz CT molecular complexity index is 643. The smallest absolute Gasteiger partial charge is 0.158 e. The molecule has 0 unspecified atom stereocenters. The van der Waals surface area contributed by atoms with Crippen LogP contribution in [0.25, 0.3) is 16.2 Å². The number of thiophene rings is 1. The minimum absolute atomic E-state index is 0.482. The van der Waals surface area contributed by atoms with E-state index in [-0.39, 0.29) is 0 Å². The second-order valence-corrected chi connectivity index (χ2v) is 4.68. The monoisotopic (exact) mass is 249 g/mol. The molecule has 5 heteroatoms. The number of halogens is 1. The molecule has 3 aromatic heterocycles. The summed E-state index contributed by atoms with van der Waals surface area (Å²) in [6.45, 7) is 0. The first-order chi connectivity index (χ1) is 7.77. The van der Waals surface area contributed by atoms with Crippen LogP contribution in [-0.4, -0.2) is 9.38 Å². The molecule has 3 nitrogen and oxygen atoms in total. The van der Waals surface area contributed by atoms with Crippen LogP contribution in [0.15, 0.2) is 35.7 Å². The summed E-state index contributed by atoms with van der Waals surface area (Å²) in [4.78, 5) is 5.41. The lowest BCUT2D eigenvalue weighted by molar-refractivity contribution is 1.18. The Hall–Kier alpha value is -1.52. The molecule has 0 fully saturated rings. The fourth-order valence-electron chi connectivity index (χ4n) is 1.69. The number of nitrogens with zero attached hydrogens (tertiary/aromatic N) is 2. The molecule has 3 rings (SSSR count). The lowest BCUT2D eigenvalue weighted by Gasteiger charge is -2.02. The molecule has 0 atom stereocenters. The van der Waals surface area contributed by atoms with E-state index in [1.54, 1.807) is 11.3 Å². The fraction of sp³-hybridized carbons (Fsp3) is 0. The van der Waals surface area contributed by atoms with Crippen molar-refractivity contribution in [2.24, 2.45) is 0 Å². The van der Waals surface area contributed by atoms with Crippen molar-refractivity contribution in [2.75, 3.05) is 5.73 Å². The molecule has 0 spiro atoms. The normalized spacial score (nSPS) is 11.1. The van der Waals surface area contributed by atoms with Gasteiger partial charge in [0.1, 0.15) is 5.82 Å². The Morgan fingerprint density at radius 2 is 2.12 bits per heavy atom. The SMILES string of the molecule is Nc1cccc2c(Cl)nc(-c3cccs3)n12. The number of fused-ring (bicyclic) bond motifs is 1. The van der Waals surface area contributed by atoms with E-state index in [2.05, 4.69) is 4.98 Å². The lowest BCUT2D eigenvalue weighted by Crippen LogP contribution is -1.97. The number of nitrogens with two attached hydrogens (primary N) is 1. The Morgan fingerprint density at radius 3 is 2.88 bits per heavy atom. The summed E-state index contributed by atoms with van der Waals surface area (Å²) >= 11 is 7.70. The van der Waals surface area contributed by atoms with Gasteiger partial charge in [-0.05, 0) is 23.6 Å². The van der Waals surface area contributed by atoms with Crippen LogP contribution in [0.4, 0.5) is 5.82 Å². The minimum atomic E-state index is 0.482. The number of pyridine rings is 1. The molecule has 3 heterocycles. The molecule has 3 aromatic rings. The van der Waals surface area contributed by atoms with E-state index >= 15 is 0 Å². The zero-order chi connectivity index (χ0) is 11.1. The quantitative estimate of drug-likeness (QED) is 0.719. The minimum Gasteiger partial charge on any atom is -0.385 e. The van der Waals surface area contributed by atoms with E-state index in [1.807, 2.05) is 40.1 Å². The predicted molar refractivity (Wildman–Crippen MR) is 67.9 cm³/mol. The van der Waals surface area contributed by atoms with Crippen LogP contribution in [0.2, 0.25) is 5.15 Å². The Kier molecular flexibility index (Phi) is 2.12. The predicted octanol–water partition coefficient (Wildman–Crippen LogP) is 3.30. The molecule has 0 saturated carbocycles. The van der Waals surface area contributed by atoms with Gasteiger partial charge in [-0.25, -0.2) is 4.98 Å². The third kappa shape index (κ3) is 1.31. The van der Waals surface area contributed by atoms with Crippen molar-refractivity contribution in [1.29, 1.82) is 0 Å². The topological polar surface area (TPSA) is 43.3 Å². The highest BCUT2D eigenvalue weighted by Crippen LogP contribution is 2.30. The summed E-state index contributed by atoms with van der Waals surface area (Å²) < 4.78 is 1.87. The van der Waals surface area contributed by atoms with Crippen LogP contribution < -0.4 is 5.73 Å². The molecule has 0 bridgehead atoms. The summed E-state index contributed by atoms with van der Waals surface area (Å²) in [5, 5.41) is 2.49. The first-order valence-electron chi connectivity index (χ1n) is 4.73. The Balaban J connectivity index is 2.42. The van der Waals surface area contributed by atoms with Gasteiger partial charge in [0.25, 0.3) is 0 Å². The van der Waals surface area contributed by atoms with Gasteiger partial charge in [-0.3, -0.25) is 4.40 Å². The van der Waals surface area contributed by atoms with E-state index in [0.29, 0.717) is 11.0 Å². The second kappa shape index (κ2) is 3.50. The van der Waals surface area contributed by atoms with Crippen molar-refractivity contribution in [3.63, 3.8) is 0 Å². The number of anilines is 1. The number of aromatic nitrogens is 2. The van der Waals surface area contributed by atoms with Crippen LogP contribution in [0.1, 0.15) is 0 Å². The van der Waals surface area contributed by atoms with E-state index in [0.717, 1.165) is 16.2 Å². The molecule has 2 N–H and O–H groups in total. The van der Waals surface area contributed by atoms with Gasteiger partial charge < -0.3 is 5.73 Å². The van der Waals surface area contributed by atoms with Crippen LogP contribution >= 0.6 is 22.9 Å². The highest BCUT2D eigenvalue weighted by molar-refractivity contribution is 7.13. The van der Waals surface area contributed by atoms with Gasteiger partial charge in [-0.15, -0.1) is 11.3 Å². The standard InChI is InChI=1S/C11H8ClN3S/c12-10-7-3-1-5-9(13)15(7)11(14-10)8-4-2-6-16-8/h1-6H,13H2. The highest BCUT2D eigenvalue weighted by atomic mass is 35.5. The van der Waals surface area contributed by atoms with Gasteiger partial charge in [0, 0.05) is 0 Å². The summed E-state index contributed by atoms with van der Waals surface area (Å²) in [5.74, 6) is 1.44. The van der Waals surface area contributed by atoms with Crippen molar-refractivity contribution in [3.8, 4) is 10.7 Å². The Labute approximate surface area is 101 Å². The largest absolute Gasteiger partial charge is 0.385 e. The first-order valence-corrected chi connectivity index (χ1v) is 5.99. The van der Waals surface area contributed by atoms with E-state index in [4.69, 9.17) is 17.3 Å². The van der Waals surface area contributed by atoms with Gasteiger partial charge in [-0.1, -0.05) is 23.7 Å². The maximum absolute atomic E-state index is 6.08.